The molecule has 0 radical (unpaired) electrons. The maximum Gasteiger partial charge on any atom is 0.334 e. The Balaban J connectivity index is 1.55. The topological polar surface area (TPSA) is 124 Å². The number of pyridine rings is 1. The van der Waals surface area contributed by atoms with E-state index in [0.29, 0.717) is 17.1 Å². The number of benzene rings is 2. The summed E-state index contributed by atoms with van der Waals surface area (Å²) < 4.78 is 23.7. The second-order valence-electron chi connectivity index (χ2n) is 5.86. The van der Waals surface area contributed by atoms with Crippen molar-refractivity contribution in [1.29, 1.82) is 0 Å². The maximum atomic E-state index is 12.9. The maximum absolute atomic E-state index is 12.9. The van der Waals surface area contributed by atoms with E-state index < -0.39 is 16.2 Å². The highest BCUT2D eigenvalue weighted by atomic mass is 19.1. The molecular formula is C19H11FN4O5. The summed E-state index contributed by atoms with van der Waals surface area (Å²) in [5.74, 6) is 0.933. The van der Waals surface area contributed by atoms with Gasteiger partial charge < -0.3 is 14.2 Å². The lowest BCUT2D eigenvalue weighted by Gasteiger charge is -2.05. The molecule has 0 atom stereocenters. The lowest BCUT2D eigenvalue weighted by atomic mass is 10.2. The van der Waals surface area contributed by atoms with E-state index in [1.807, 2.05) is 0 Å². The lowest BCUT2D eigenvalue weighted by molar-refractivity contribution is -0.386. The van der Waals surface area contributed by atoms with E-state index in [2.05, 4.69) is 15.1 Å². The third-order valence-corrected chi connectivity index (χ3v) is 3.92. The minimum Gasteiger partial charge on any atom is -0.457 e. The molecule has 144 valence electrons. The molecule has 4 aromatic rings. The first-order chi connectivity index (χ1) is 14.0. The number of aromatic nitrogens is 3. The number of nitrogens with one attached hydrogen (secondary N) is 1. The molecule has 0 spiro atoms. The van der Waals surface area contributed by atoms with Crippen molar-refractivity contribution in [3.8, 4) is 34.3 Å². The summed E-state index contributed by atoms with van der Waals surface area (Å²) in [7, 11) is 0. The standard InChI is InChI=1S/C19H11FN4O5/c20-13-3-7-15(8-4-13)28-14-5-1-11(2-6-14)17-22-19(29-23-17)12-9-16(24(26)27)18(25)21-10-12/h1-10H,(H,21,25). The summed E-state index contributed by atoms with van der Waals surface area (Å²) in [5.41, 5.74) is -0.614. The van der Waals surface area contributed by atoms with Crippen LogP contribution in [0.4, 0.5) is 10.1 Å². The Bertz CT molecular complexity index is 1230. The van der Waals surface area contributed by atoms with Crippen molar-refractivity contribution < 1.29 is 18.6 Å². The predicted molar refractivity (Wildman–Crippen MR) is 98.9 cm³/mol. The van der Waals surface area contributed by atoms with Crippen LogP contribution in [0, 0.1) is 15.9 Å². The van der Waals surface area contributed by atoms with E-state index in [0.717, 1.165) is 6.07 Å². The molecule has 0 fully saturated rings. The van der Waals surface area contributed by atoms with Crippen molar-refractivity contribution in [3.63, 3.8) is 0 Å². The van der Waals surface area contributed by atoms with Gasteiger partial charge in [-0.1, -0.05) is 5.16 Å². The molecule has 10 heteroatoms. The van der Waals surface area contributed by atoms with E-state index in [9.17, 15) is 19.3 Å². The number of H-pyrrole nitrogens is 1. The van der Waals surface area contributed by atoms with Crippen molar-refractivity contribution >= 4 is 5.69 Å². The van der Waals surface area contributed by atoms with Crippen LogP contribution in [-0.4, -0.2) is 20.0 Å². The Hall–Kier alpha value is -4.34. The Labute approximate surface area is 161 Å². The molecule has 0 bridgehead atoms. The quantitative estimate of drug-likeness (QED) is 0.402. The van der Waals surface area contributed by atoms with Gasteiger partial charge in [0.2, 0.25) is 5.82 Å². The highest BCUT2D eigenvalue weighted by Gasteiger charge is 2.17. The molecule has 0 aliphatic rings. The highest BCUT2D eigenvalue weighted by Crippen LogP contribution is 2.26. The second-order valence-corrected chi connectivity index (χ2v) is 5.86. The third kappa shape index (κ3) is 3.86. The predicted octanol–water partition coefficient (Wildman–Crippen LogP) is 3.93. The smallest absolute Gasteiger partial charge is 0.334 e. The number of aromatic amines is 1. The monoisotopic (exact) mass is 394 g/mol. The number of halogens is 1. The highest BCUT2D eigenvalue weighted by molar-refractivity contribution is 5.61. The van der Waals surface area contributed by atoms with E-state index in [-0.39, 0.29) is 23.1 Å². The minimum absolute atomic E-state index is 0.0194. The number of nitrogens with zero attached hydrogens (tertiary/aromatic N) is 3. The summed E-state index contributed by atoms with van der Waals surface area (Å²) >= 11 is 0. The summed E-state index contributed by atoms with van der Waals surface area (Å²) in [6.07, 6.45) is 1.26. The van der Waals surface area contributed by atoms with Gasteiger partial charge in [0.1, 0.15) is 17.3 Å². The van der Waals surface area contributed by atoms with Crippen LogP contribution < -0.4 is 10.3 Å². The number of hydrogen-bond acceptors (Lipinski definition) is 7. The van der Waals surface area contributed by atoms with E-state index in [4.69, 9.17) is 9.26 Å². The SMILES string of the molecule is O=c1[nH]cc(-c2nc(-c3ccc(Oc4ccc(F)cc4)cc3)no2)cc1[N+](=O)[O-]. The van der Waals surface area contributed by atoms with Gasteiger partial charge in [-0.3, -0.25) is 14.9 Å². The Morgan fingerprint density at radius 2 is 1.69 bits per heavy atom. The lowest BCUT2D eigenvalue weighted by Crippen LogP contribution is -2.10. The number of ether oxygens (including phenoxy) is 1. The number of rotatable bonds is 5. The van der Waals surface area contributed by atoms with Crippen LogP contribution in [0.3, 0.4) is 0 Å². The molecule has 2 heterocycles. The third-order valence-electron chi connectivity index (χ3n) is 3.92. The van der Waals surface area contributed by atoms with Crippen LogP contribution in [0.15, 0.2) is 70.1 Å². The fourth-order valence-corrected chi connectivity index (χ4v) is 2.50. The molecule has 29 heavy (non-hydrogen) atoms. The van der Waals surface area contributed by atoms with Crippen molar-refractivity contribution in [1.82, 2.24) is 15.1 Å². The molecule has 0 saturated heterocycles. The van der Waals surface area contributed by atoms with Crippen molar-refractivity contribution in [2.45, 2.75) is 0 Å². The molecular weight excluding hydrogens is 383 g/mol. The second kappa shape index (κ2) is 7.35. The Morgan fingerprint density at radius 1 is 1.03 bits per heavy atom. The van der Waals surface area contributed by atoms with Crippen LogP contribution in [0.5, 0.6) is 11.5 Å². The summed E-state index contributed by atoms with van der Waals surface area (Å²) in [4.78, 5) is 28.0. The van der Waals surface area contributed by atoms with E-state index >= 15 is 0 Å². The number of hydrogen-bond donors (Lipinski definition) is 1. The van der Waals surface area contributed by atoms with Gasteiger partial charge >= 0.3 is 11.2 Å². The molecule has 1 N–H and O–H groups in total. The average Bonchev–Trinajstić information content (AvgIpc) is 3.21. The van der Waals surface area contributed by atoms with Crippen LogP contribution in [0.1, 0.15) is 0 Å². The van der Waals surface area contributed by atoms with Crippen LogP contribution in [0.2, 0.25) is 0 Å². The molecule has 2 aromatic carbocycles. The van der Waals surface area contributed by atoms with Crippen LogP contribution >= 0.6 is 0 Å². The molecule has 0 amide bonds. The summed E-state index contributed by atoms with van der Waals surface area (Å²) in [6.45, 7) is 0. The summed E-state index contributed by atoms with van der Waals surface area (Å²) in [6, 6.07) is 13.4. The molecule has 2 aromatic heterocycles. The minimum atomic E-state index is -0.824. The molecule has 0 saturated carbocycles. The van der Waals surface area contributed by atoms with Crippen LogP contribution in [0.25, 0.3) is 22.8 Å². The summed E-state index contributed by atoms with van der Waals surface area (Å²) in [5, 5.41) is 14.8. The van der Waals surface area contributed by atoms with Gasteiger partial charge in [0.15, 0.2) is 0 Å². The Kier molecular flexibility index (Phi) is 4.57. The molecule has 4 rings (SSSR count). The molecule has 0 aliphatic carbocycles. The van der Waals surface area contributed by atoms with Gasteiger partial charge in [-0.2, -0.15) is 4.98 Å². The van der Waals surface area contributed by atoms with Gasteiger partial charge in [-0.15, -0.1) is 0 Å². The largest absolute Gasteiger partial charge is 0.457 e. The Morgan fingerprint density at radius 3 is 2.34 bits per heavy atom. The van der Waals surface area contributed by atoms with Crippen molar-refractivity contribution in [2.24, 2.45) is 0 Å². The fraction of sp³-hybridized carbons (Fsp3) is 0. The van der Waals surface area contributed by atoms with E-state index in [1.165, 1.54) is 30.5 Å². The van der Waals surface area contributed by atoms with E-state index in [1.54, 1.807) is 24.3 Å². The van der Waals surface area contributed by atoms with Crippen LogP contribution in [-0.2, 0) is 0 Å². The first kappa shape index (κ1) is 18.0. The first-order valence-corrected chi connectivity index (χ1v) is 8.25. The number of nitro groups is 1. The normalized spacial score (nSPS) is 10.7. The average molecular weight is 394 g/mol. The van der Waals surface area contributed by atoms with Gasteiger partial charge in [0.25, 0.3) is 5.89 Å². The first-order valence-electron chi connectivity index (χ1n) is 8.25. The van der Waals surface area contributed by atoms with Gasteiger partial charge in [0.05, 0.1) is 10.5 Å². The zero-order valence-electron chi connectivity index (χ0n) is 14.5. The van der Waals surface area contributed by atoms with Gasteiger partial charge in [-0.05, 0) is 48.5 Å². The van der Waals surface area contributed by atoms with Crippen molar-refractivity contribution in [3.05, 3.63) is 87.1 Å². The fourth-order valence-electron chi connectivity index (χ4n) is 2.50. The van der Waals surface area contributed by atoms with Gasteiger partial charge in [0, 0.05) is 17.8 Å². The molecule has 0 aliphatic heterocycles. The molecule has 0 unspecified atom stereocenters. The van der Waals surface area contributed by atoms with Crippen molar-refractivity contribution in [2.75, 3.05) is 0 Å². The van der Waals surface area contributed by atoms with Gasteiger partial charge in [-0.25, -0.2) is 4.39 Å². The zero-order valence-corrected chi connectivity index (χ0v) is 14.5. The molecule has 9 nitrogen and oxygen atoms in total. The zero-order chi connectivity index (χ0) is 20.4.